The fourth-order valence-corrected chi connectivity index (χ4v) is 1.82. The van der Waals surface area contributed by atoms with Crippen LogP contribution in [0.3, 0.4) is 0 Å². The van der Waals surface area contributed by atoms with Gasteiger partial charge in [0.15, 0.2) is 11.6 Å². The second-order valence-corrected chi connectivity index (χ2v) is 4.49. The molecule has 0 amide bonds. The first kappa shape index (κ1) is 18.0. The SMILES string of the molecule is COC(=O)c1cnc(Nc2ccc(OC(F)F)c(F)c2)c([N+](=O)[O-])c1. The minimum atomic E-state index is -3.19. The van der Waals surface area contributed by atoms with Crippen LogP contribution >= 0.6 is 0 Å². The van der Waals surface area contributed by atoms with Crippen LogP contribution in [-0.2, 0) is 4.74 Å². The van der Waals surface area contributed by atoms with Crippen LogP contribution < -0.4 is 10.1 Å². The van der Waals surface area contributed by atoms with Gasteiger partial charge in [-0.25, -0.2) is 14.2 Å². The Bertz CT molecular complexity index is 816. The number of aromatic nitrogens is 1. The zero-order chi connectivity index (χ0) is 18.6. The molecule has 8 nitrogen and oxygen atoms in total. The summed E-state index contributed by atoms with van der Waals surface area (Å²) in [6, 6.07) is 3.84. The number of rotatable bonds is 6. The Labute approximate surface area is 138 Å². The maximum atomic E-state index is 13.7. The van der Waals surface area contributed by atoms with E-state index in [0.29, 0.717) is 0 Å². The number of nitro groups is 1. The fraction of sp³-hybridized carbons (Fsp3) is 0.143. The summed E-state index contributed by atoms with van der Waals surface area (Å²) < 4.78 is 46.3. The highest BCUT2D eigenvalue weighted by molar-refractivity contribution is 5.90. The van der Waals surface area contributed by atoms with Crippen LogP contribution in [-0.4, -0.2) is 29.6 Å². The summed E-state index contributed by atoms with van der Waals surface area (Å²) in [6.45, 7) is -3.19. The highest BCUT2D eigenvalue weighted by Crippen LogP contribution is 2.29. The Morgan fingerprint density at radius 1 is 1.36 bits per heavy atom. The topological polar surface area (TPSA) is 104 Å². The third kappa shape index (κ3) is 4.34. The van der Waals surface area contributed by atoms with Gasteiger partial charge in [-0.3, -0.25) is 10.1 Å². The van der Waals surface area contributed by atoms with Crippen molar-refractivity contribution < 1.29 is 32.4 Å². The van der Waals surface area contributed by atoms with Gasteiger partial charge in [-0.15, -0.1) is 0 Å². The van der Waals surface area contributed by atoms with Gasteiger partial charge in [-0.2, -0.15) is 8.78 Å². The lowest BCUT2D eigenvalue weighted by Gasteiger charge is -2.10. The van der Waals surface area contributed by atoms with Crippen LogP contribution in [0.1, 0.15) is 10.4 Å². The van der Waals surface area contributed by atoms with Crippen molar-refractivity contribution in [1.82, 2.24) is 4.98 Å². The molecule has 0 unspecified atom stereocenters. The number of methoxy groups -OCH3 is 1. The molecule has 0 fully saturated rings. The van der Waals surface area contributed by atoms with Gasteiger partial charge in [0.05, 0.1) is 17.6 Å². The summed E-state index contributed by atoms with van der Waals surface area (Å²) in [5.41, 5.74) is -0.705. The lowest BCUT2D eigenvalue weighted by Crippen LogP contribution is -2.06. The van der Waals surface area contributed by atoms with Crippen molar-refractivity contribution in [2.24, 2.45) is 0 Å². The Morgan fingerprint density at radius 3 is 2.64 bits per heavy atom. The number of nitrogens with one attached hydrogen (secondary N) is 1. The van der Waals surface area contributed by atoms with Crippen molar-refractivity contribution in [2.75, 3.05) is 12.4 Å². The number of carbonyl (C=O) groups excluding carboxylic acids is 1. The molecular weight excluding hydrogens is 347 g/mol. The first-order valence-corrected chi connectivity index (χ1v) is 6.56. The number of esters is 1. The molecule has 0 aliphatic rings. The van der Waals surface area contributed by atoms with E-state index < -0.39 is 34.8 Å². The number of alkyl halides is 2. The number of anilines is 2. The first-order valence-electron chi connectivity index (χ1n) is 6.56. The average Bonchev–Trinajstić information content (AvgIpc) is 2.56. The third-order valence-corrected chi connectivity index (χ3v) is 2.90. The molecule has 1 aromatic carbocycles. The number of halogens is 3. The minimum Gasteiger partial charge on any atom is -0.465 e. The summed E-state index contributed by atoms with van der Waals surface area (Å²) in [6.07, 6.45) is 1.03. The quantitative estimate of drug-likeness (QED) is 0.481. The zero-order valence-corrected chi connectivity index (χ0v) is 12.5. The van der Waals surface area contributed by atoms with Gasteiger partial charge in [0.2, 0.25) is 5.82 Å². The molecule has 1 N–H and O–H groups in total. The van der Waals surface area contributed by atoms with Crippen molar-refractivity contribution in [3.8, 4) is 5.75 Å². The molecule has 11 heteroatoms. The first-order chi connectivity index (χ1) is 11.8. The summed E-state index contributed by atoms with van der Waals surface area (Å²) >= 11 is 0. The van der Waals surface area contributed by atoms with E-state index in [1.807, 2.05) is 0 Å². The van der Waals surface area contributed by atoms with Gasteiger partial charge in [0, 0.05) is 24.0 Å². The number of benzene rings is 1. The Hall–Kier alpha value is -3.37. The maximum Gasteiger partial charge on any atom is 0.387 e. The van der Waals surface area contributed by atoms with Gasteiger partial charge >= 0.3 is 18.3 Å². The summed E-state index contributed by atoms with van der Waals surface area (Å²) in [7, 11) is 1.10. The fourth-order valence-electron chi connectivity index (χ4n) is 1.82. The second kappa shape index (κ2) is 7.47. The van der Waals surface area contributed by atoms with E-state index in [1.165, 1.54) is 6.07 Å². The number of pyridine rings is 1. The molecule has 0 bridgehead atoms. The highest BCUT2D eigenvalue weighted by atomic mass is 19.3. The van der Waals surface area contributed by atoms with E-state index in [2.05, 4.69) is 19.8 Å². The Balaban J connectivity index is 2.32. The number of hydrogen-bond acceptors (Lipinski definition) is 7. The van der Waals surface area contributed by atoms with Gasteiger partial charge in [0.25, 0.3) is 0 Å². The maximum absolute atomic E-state index is 13.7. The molecule has 0 spiro atoms. The van der Waals surface area contributed by atoms with Gasteiger partial charge in [-0.05, 0) is 12.1 Å². The van der Waals surface area contributed by atoms with E-state index in [4.69, 9.17) is 0 Å². The molecule has 0 aliphatic heterocycles. The lowest BCUT2D eigenvalue weighted by molar-refractivity contribution is -0.384. The standard InChI is InChI=1S/C14H10F3N3O5/c1-24-13(21)7-4-10(20(22)23)12(18-6-7)19-8-2-3-11(9(15)5-8)25-14(16)17/h2-6,14H,1H3,(H,18,19). The van der Waals surface area contributed by atoms with E-state index in [9.17, 15) is 28.1 Å². The van der Waals surface area contributed by atoms with E-state index in [-0.39, 0.29) is 17.1 Å². The molecule has 0 atom stereocenters. The molecular formula is C14H10F3N3O5. The normalized spacial score (nSPS) is 10.4. The summed E-state index contributed by atoms with van der Waals surface area (Å²) in [4.78, 5) is 25.4. The van der Waals surface area contributed by atoms with E-state index >= 15 is 0 Å². The molecule has 0 saturated carbocycles. The molecule has 0 aliphatic carbocycles. The molecule has 1 heterocycles. The van der Waals surface area contributed by atoms with Crippen LogP contribution in [0.4, 0.5) is 30.4 Å². The molecule has 132 valence electrons. The van der Waals surface area contributed by atoms with Crippen LogP contribution in [0.5, 0.6) is 5.75 Å². The second-order valence-electron chi connectivity index (χ2n) is 4.49. The predicted molar refractivity (Wildman–Crippen MR) is 78.5 cm³/mol. The van der Waals surface area contributed by atoms with Crippen molar-refractivity contribution in [3.05, 3.63) is 52.0 Å². The zero-order valence-electron chi connectivity index (χ0n) is 12.5. The molecule has 0 saturated heterocycles. The van der Waals surface area contributed by atoms with Crippen molar-refractivity contribution in [1.29, 1.82) is 0 Å². The minimum absolute atomic E-state index is 0.000495. The van der Waals surface area contributed by atoms with Crippen molar-refractivity contribution >= 4 is 23.2 Å². The molecule has 1 aromatic heterocycles. The Kier molecular flexibility index (Phi) is 5.37. The number of nitrogens with zero attached hydrogens (tertiary/aromatic N) is 2. The molecule has 25 heavy (non-hydrogen) atoms. The van der Waals surface area contributed by atoms with Gasteiger partial charge in [-0.1, -0.05) is 0 Å². The average molecular weight is 357 g/mol. The smallest absolute Gasteiger partial charge is 0.387 e. The number of ether oxygens (including phenoxy) is 2. The van der Waals surface area contributed by atoms with Crippen molar-refractivity contribution in [3.63, 3.8) is 0 Å². The highest BCUT2D eigenvalue weighted by Gasteiger charge is 2.20. The van der Waals surface area contributed by atoms with Crippen LogP contribution in [0.25, 0.3) is 0 Å². The number of hydrogen-bond donors (Lipinski definition) is 1. The summed E-state index contributed by atoms with van der Waals surface area (Å²) in [5, 5.41) is 13.6. The number of carbonyl (C=O) groups is 1. The molecule has 2 aromatic rings. The monoisotopic (exact) mass is 357 g/mol. The molecule has 2 rings (SSSR count). The Morgan fingerprint density at radius 2 is 2.08 bits per heavy atom. The van der Waals surface area contributed by atoms with Gasteiger partial charge in [0.1, 0.15) is 0 Å². The largest absolute Gasteiger partial charge is 0.465 e. The van der Waals surface area contributed by atoms with E-state index in [0.717, 1.165) is 31.5 Å². The predicted octanol–water partition coefficient (Wildman–Crippen LogP) is 3.26. The van der Waals surface area contributed by atoms with Crippen LogP contribution in [0, 0.1) is 15.9 Å². The third-order valence-electron chi connectivity index (χ3n) is 2.90. The van der Waals surface area contributed by atoms with Crippen LogP contribution in [0.2, 0.25) is 0 Å². The van der Waals surface area contributed by atoms with E-state index in [1.54, 1.807) is 0 Å². The lowest BCUT2D eigenvalue weighted by atomic mass is 10.2. The summed E-state index contributed by atoms with van der Waals surface area (Å²) in [5.74, 6) is -2.87. The van der Waals surface area contributed by atoms with Crippen LogP contribution in [0.15, 0.2) is 30.5 Å². The van der Waals surface area contributed by atoms with Gasteiger partial charge < -0.3 is 14.8 Å². The van der Waals surface area contributed by atoms with Crippen molar-refractivity contribution in [2.45, 2.75) is 6.61 Å². The molecule has 0 radical (unpaired) electrons.